The summed E-state index contributed by atoms with van der Waals surface area (Å²) < 4.78 is 6.81. The molecule has 0 amide bonds. The molecule has 0 aromatic carbocycles. The van der Waals surface area contributed by atoms with Crippen molar-refractivity contribution in [1.29, 1.82) is 0 Å². The standard InChI is InChI=1S/C12H14N2O2/c1-3-16-12(15)11-5-4-10(14(11)2)9-6-7-13-8-9/h4-8,13H,3H2,1-2H3. The molecule has 0 saturated carbocycles. The van der Waals surface area contributed by atoms with E-state index in [0.717, 1.165) is 11.3 Å². The van der Waals surface area contributed by atoms with Crippen molar-refractivity contribution in [2.75, 3.05) is 6.61 Å². The first kappa shape index (κ1) is 10.5. The second-order valence-corrected chi connectivity index (χ2v) is 3.48. The molecule has 0 aliphatic rings. The highest BCUT2D eigenvalue weighted by molar-refractivity contribution is 5.89. The van der Waals surface area contributed by atoms with Gasteiger partial charge in [-0.3, -0.25) is 0 Å². The van der Waals surface area contributed by atoms with E-state index in [1.165, 1.54) is 0 Å². The van der Waals surface area contributed by atoms with Gasteiger partial charge >= 0.3 is 5.97 Å². The summed E-state index contributed by atoms with van der Waals surface area (Å²) in [5.74, 6) is -0.285. The van der Waals surface area contributed by atoms with Crippen LogP contribution in [0.25, 0.3) is 11.3 Å². The maximum absolute atomic E-state index is 11.6. The molecule has 2 aromatic heterocycles. The third kappa shape index (κ3) is 1.74. The average molecular weight is 218 g/mol. The molecule has 84 valence electrons. The first-order chi connectivity index (χ1) is 7.74. The summed E-state index contributed by atoms with van der Waals surface area (Å²) in [5, 5.41) is 0. The topological polar surface area (TPSA) is 47.0 Å². The Labute approximate surface area is 93.9 Å². The zero-order chi connectivity index (χ0) is 11.5. The number of aromatic nitrogens is 2. The van der Waals surface area contributed by atoms with E-state index >= 15 is 0 Å². The van der Waals surface area contributed by atoms with Gasteiger partial charge in [-0.15, -0.1) is 0 Å². The number of nitrogens with zero attached hydrogens (tertiary/aromatic N) is 1. The zero-order valence-electron chi connectivity index (χ0n) is 9.36. The molecule has 0 spiro atoms. The van der Waals surface area contributed by atoms with Crippen molar-refractivity contribution in [3.05, 3.63) is 36.3 Å². The Bertz CT molecular complexity index is 483. The number of esters is 1. The minimum absolute atomic E-state index is 0.285. The van der Waals surface area contributed by atoms with Crippen molar-refractivity contribution < 1.29 is 9.53 Å². The van der Waals surface area contributed by atoms with Crippen molar-refractivity contribution in [1.82, 2.24) is 9.55 Å². The van der Waals surface area contributed by atoms with Crippen LogP contribution in [0.4, 0.5) is 0 Å². The Hall–Kier alpha value is -1.97. The number of nitrogens with one attached hydrogen (secondary N) is 1. The molecular formula is C12H14N2O2. The van der Waals surface area contributed by atoms with E-state index in [0.29, 0.717) is 12.3 Å². The van der Waals surface area contributed by atoms with Crippen molar-refractivity contribution >= 4 is 5.97 Å². The molecule has 0 unspecified atom stereocenters. The number of carbonyl (C=O) groups is 1. The van der Waals surface area contributed by atoms with Gasteiger partial charge in [-0.1, -0.05) is 0 Å². The predicted molar refractivity (Wildman–Crippen MR) is 61.2 cm³/mol. The Morgan fingerprint density at radius 3 is 2.88 bits per heavy atom. The van der Waals surface area contributed by atoms with Gasteiger partial charge in [0.05, 0.1) is 6.61 Å². The van der Waals surface area contributed by atoms with Crippen LogP contribution in [0.15, 0.2) is 30.6 Å². The summed E-state index contributed by atoms with van der Waals surface area (Å²) in [7, 11) is 1.86. The molecule has 0 radical (unpaired) electrons. The van der Waals surface area contributed by atoms with Crippen LogP contribution >= 0.6 is 0 Å². The molecule has 2 heterocycles. The maximum Gasteiger partial charge on any atom is 0.354 e. The smallest absolute Gasteiger partial charge is 0.354 e. The number of hydrogen-bond acceptors (Lipinski definition) is 2. The fourth-order valence-corrected chi connectivity index (χ4v) is 1.69. The average Bonchev–Trinajstić information content (AvgIpc) is 2.86. The molecule has 2 rings (SSSR count). The SMILES string of the molecule is CCOC(=O)c1ccc(-c2cc[nH]c2)n1C. The van der Waals surface area contributed by atoms with E-state index in [1.807, 2.05) is 36.1 Å². The molecule has 0 bridgehead atoms. The second kappa shape index (κ2) is 4.26. The van der Waals surface area contributed by atoms with E-state index in [9.17, 15) is 4.79 Å². The largest absolute Gasteiger partial charge is 0.461 e. The fraction of sp³-hybridized carbons (Fsp3) is 0.250. The molecular weight excluding hydrogens is 204 g/mol. The molecule has 4 nitrogen and oxygen atoms in total. The quantitative estimate of drug-likeness (QED) is 0.803. The van der Waals surface area contributed by atoms with Crippen LogP contribution in [0, 0.1) is 0 Å². The molecule has 0 aliphatic carbocycles. The second-order valence-electron chi connectivity index (χ2n) is 3.48. The highest BCUT2D eigenvalue weighted by atomic mass is 16.5. The predicted octanol–water partition coefficient (Wildman–Crippen LogP) is 2.20. The third-order valence-electron chi connectivity index (χ3n) is 2.50. The lowest BCUT2D eigenvalue weighted by molar-refractivity contribution is 0.0515. The fourth-order valence-electron chi connectivity index (χ4n) is 1.69. The number of carbonyl (C=O) groups excluding carboxylic acids is 1. The van der Waals surface area contributed by atoms with Crippen LogP contribution in [-0.4, -0.2) is 22.1 Å². The summed E-state index contributed by atoms with van der Waals surface area (Å²) in [5.41, 5.74) is 2.61. The Kier molecular flexibility index (Phi) is 2.81. The third-order valence-corrected chi connectivity index (χ3v) is 2.50. The summed E-state index contributed by atoms with van der Waals surface area (Å²) in [6, 6.07) is 5.65. The number of hydrogen-bond donors (Lipinski definition) is 1. The van der Waals surface area contributed by atoms with E-state index in [1.54, 1.807) is 13.0 Å². The number of ether oxygens (including phenoxy) is 1. The van der Waals surface area contributed by atoms with Gasteiger partial charge in [0.15, 0.2) is 0 Å². The van der Waals surface area contributed by atoms with Crippen molar-refractivity contribution in [3.63, 3.8) is 0 Å². The van der Waals surface area contributed by atoms with Crippen LogP contribution in [0.3, 0.4) is 0 Å². The van der Waals surface area contributed by atoms with Crippen LogP contribution in [0.5, 0.6) is 0 Å². The highest BCUT2D eigenvalue weighted by Gasteiger charge is 2.14. The lowest BCUT2D eigenvalue weighted by atomic mass is 10.2. The van der Waals surface area contributed by atoms with Gasteiger partial charge in [0, 0.05) is 30.7 Å². The van der Waals surface area contributed by atoms with Crippen molar-refractivity contribution in [3.8, 4) is 11.3 Å². The minimum atomic E-state index is -0.285. The minimum Gasteiger partial charge on any atom is -0.461 e. The summed E-state index contributed by atoms with van der Waals surface area (Å²) in [6.45, 7) is 2.19. The number of aromatic amines is 1. The Morgan fingerprint density at radius 1 is 1.44 bits per heavy atom. The van der Waals surface area contributed by atoms with Gasteiger partial charge in [-0.2, -0.15) is 0 Å². The molecule has 0 atom stereocenters. The summed E-state index contributed by atoms with van der Waals surface area (Å²) in [4.78, 5) is 14.6. The Morgan fingerprint density at radius 2 is 2.25 bits per heavy atom. The van der Waals surface area contributed by atoms with Crippen molar-refractivity contribution in [2.45, 2.75) is 6.92 Å². The first-order valence-electron chi connectivity index (χ1n) is 5.20. The first-order valence-corrected chi connectivity index (χ1v) is 5.20. The number of H-pyrrole nitrogens is 1. The lowest BCUT2D eigenvalue weighted by Gasteiger charge is -2.05. The van der Waals surface area contributed by atoms with Crippen LogP contribution in [0.1, 0.15) is 17.4 Å². The monoisotopic (exact) mass is 218 g/mol. The molecule has 4 heteroatoms. The van der Waals surface area contributed by atoms with E-state index in [-0.39, 0.29) is 5.97 Å². The number of rotatable bonds is 3. The van der Waals surface area contributed by atoms with Gasteiger partial charge in [-0.25, -0.2) is 4.79 Å². The molecule has 0 saturated heterocycles. The van der Waals surface area contributed by atoms with Gasteiger partial charge in [0.1, 0.15) is 5.69 Å². The van der Waals surface area contributed by atoms with E-state index in [4.69, 9.17) is 4.74 Å². The zero-order valence-corrected chi connectivity index (χ0v) is 9.36. The summed E-state index contributed by atoms with van der Waals surface area (Å²) >= 11 is 0. The Balaban J connectivity index is 2.35. The molecule has 2 aromatic rings. The van der Waals surface area contributed by atoms with Crippen LogP contribution in [0.2, 0.25) is 0 Å². The van der Waals surface area contributed by atoms with Crippen LogP contribution in [-0.2, 0) is 11.8 Å². The highest BCUT2D eigenvalue weighted by Crippen LogP contribution is 2.21. The van der Waals surface area contributed by atoms with Gasteiger partial charge in [0.2, 0.25) is 0 Å². The molecule has 1 N–H and O–H groups in total. The van der Waals surface area contributed by atoms with E-state index in [2.05, 4.69) is 4.98 Å². The molecule has 0 fully saturated rings. The van der Waals surface area contributed by atoms with Gasteiger partial charge in [-0.05, 0) is 25.1 Å². The normalized spacial score (nSPS) is 10.4. The van der Waals surface area contributed by atoms with E-state index < -0.39 is 0 Å². The summed E-state index contributed by atoms with van der Waals surface area (Å²) in [6.07, 6.45) is 3.75. The maximum atomic E-state index is 11.6. The van der Waals surface area contributed by atoms with Crippen LogP contribution < -0.4 is 0 Å². The van der Waals surface area contributed by atoms with Gasteiger partial charge < -0.3 is 14.3 Å². The molecule has 0 aliphatic heterocycles. The molecule has 16 heavy (non-hydrogen) atoms. The van der Waals surface area contributed by atoms with Crippen molar-refractivity contribution in [2.24, 2.45) is 7.05 Å². The lowest BCUT2D eigenvalue weighted by Crippen LogP contribution is -2.10. The van der Waals surface area contributed by atoms with Gasteiger partial charge in [0.25, 0.3) is 0 Å².